The predicted octanol–water partition coefficient (Wildman–Crippen LogP) is 5.99. The van der Waals surface area contributed by atoms with E-state index in [2.05, 4.69) is 38.9 Å². The summed E-state index contributed by atoms with van der Waals surface area (Å²) in [5, 5.41) is 3.30. The standard InChI is InChI=1S/C29H42N4O4S.ClH/c1-3-4-19-33(29(34)30-24-7-5-6-8-24)26-17-20-32(21-18-26)22-23-9-13-27(14-10-23)37-28-15-11-25(12-16-28)31-38(2,35)36;/h9-16,24,26,31H,3-8,17-22H2,1-2H3,(H,30,34);1H. The first-order chi connectivity index (χ1) is 18.3. The molecule has 2 fully saturated rings. The van der Waals surface area contributed by atoms with Gasteiger partial charge in [-0.1, -0.05) is 38.3 Å². The number of hydrogen-bond donors (Lipinski definition) is 2. The minimum absolute atomic E-state index is 0. The summed E-state index contributed by atoms with van der Waals surface area (Å²) in [6, 6.07) is 15.7. The summed E-state index contributed by atoms with van der Waals surface area (Å²) >= 11 is 0. The maximum Gasteiger partial charge on any atom is 0.317 e. The highest BCUT2D eigenvalue weighted by Gasteiger charge is 2.29. The Labute approximate surface area is 239 Å². The Bertz CT molecular complexity index is 1130. The van der Waals surface area contributed by atoms with E-state index in [1.165, 1.54) is 18.4 Å². The number of urea groups is 1. The fraction of sp³-hybridized carbons (Fsp3) is 0.552. The topological polar surface area (TPSA) is 91.0 Å². The molecule has 1 aliphatic heterocycles. The van der Waals surface area contributed by atoms with Gasteiger partial charge in [-0.25, -0.2) is 13.2 Å². The molecule has 0 bridgehead atoms. The highest BCUT2D eigenvalue weighted by molar-refractivity contribution is 7.92. The number of rotatable bonds is 11. The number of hydrogen-bond acceptors (Lipinski definition) is 5. The zero-order chi connectivity index (χ0) is 27.0. The molecule has 1 heterocycles. The third-order valence-corrected chi connectivity index (χ3v) is 8.02. The van der Waals surface area contributed by atoms with Gasteiger partial charge in [0.25, 0.3) is 0 Å². The fourth-order valence-electron chi connectivity index (χ4n) is 5.36. The average molecular weight is 579 g/mol. The van der Waals surface area contributed by atoms with Crippen LogP contribution in [0.1, 0.15) is 63.9 Å². The zero-order valence-electron chi connectivity index (χ0n) is 23.1. The van der Waals surface area contributed by atoms with Crippen molar-refractivity contribution in [3.63, 3.8) is 0 Å². The van der Waals surface area contributed by atoms with Gasteiger partial charge in [0.15, 0.2) is 0 Å². The summed E-state index contributed by atoms with van der Waals surface area (Å²) in [6.07, 6.45) is 9.97. The first-order valence-electron chi connectivity index (χ1n) is 13.9. The normalized spacial score (nSPS) is 16.9. The third kappa shape index (κ3) is 9.89. The summed E-state index contributed by atoms with van der Waals surface area (Å²) in [4.78, 5) is 17.7. The molecule has 8 nitrogen and oxygen atoms in total. The molecular weight excluding hydrogens is 536 g/mol. The lowest BCUT2D eigenvalue weighted by Crippen LogP contribution is -2.52. The predicted molar refractivity (Wildman–Crippen MR) is 159 cm³/mol. The molecule has 2 amide bonds. The Kier molecular flexibility index (Phi) is 11.8. The van der Waals surface area contributed by atoms with E-state index in [0.717, 1.165) is 76.7 Å². The lowest BCUT2D eigenvalue weighted by molar-refractivity contribution is 0.114. The monoisotopic (exact) mass is 578 g/mol. The molecule has 1 saturated heterocycles. The number of amides is 2. The van der Waals surface area contributed by atoms with Gasteiger partial charge in [0.1, 0.15) is 11.5 Å². The van der Waals surface area contributed by atoms with E-state index in [0.29, 0.717) is 23.5 Å². The number of unbranched alkanes of at least 4 members (excludes halogenated alkanes) is 1. The highest BCUT2D eigenvalue weighted by Crippen LogP contribution is 2.25. The van der Waals surface area contributed by atoms with Gasteiger partial charge in [-0.2, -0.15) is 0 Å². The second-order valence-corrected chi connectivity index (χ2v) is 12.4. The molecule has 1 saturated carbocycles. The quantitative estimate of drug-likeness (QED) is 0.342. The maximum atomic E-state index is 13.1. The molecule has 0 unspecified atom stereocenters. The first-order valence-corrected chi connectivity index (χ1v) is 15.8. The summed E-state index contributed by atoms with van der Waals surface area (Å²) < 4.78 is 31.1. The Morgan fingerprint density at radius 1 is 0.974 bits per heavy atom. The Morgan fingerprint density at radius 2 is 1.56 bits per heavy atom. The van der Waals surface area contributed by atoms with Gasteiger partial charge in [-0.15, -0.1) is 12.4 Å². The van der Waals surface area contributed by atoms with Gasteiger partial charge in [-0.05, 0) is 74.1 Å². The van der Waals surface area contributed by atoms with Crippen LogP contribution in [0.4, 0.5) is 10.5 Å². The molecule has 0 aromatic heterocycles. The van der Waals surface area contributed by atoms with Crippen LogP contribution in [0.3, 0.4) is 0 Å². The molecule has 2 aliphatic rings. The van der Waals surface area contributed by atoms with Crippen LogP contribution < -0.4 is 14.8 Å². The van der Waals surface area contributed by atoms with Gasteiger partial charge in [0.05, 0.1) is 6.26 Å². The van der Waals surface area contributed by atoms with E-state index in [9.17, 15) is 13.2 Å². The van der Waals surface area contributed by atoms with Crippen LogP contribution in [-0.4, -0.2) is 62.2 Å². The molecule has 0 atom stereocenters. The second-order valence-electron chi connectivity index (χ2n) is 10.6. The highest BCUT2D eigenvalue weighted by atomic mass is 35.5. The largest absolute Gasteiger partial charge is 0.457 e. The Balaban J connectivity index is 0.00000420. The maximum absolute atomic E-state index is 13.1. The number of likely N-dealkylation sites (tertiary alicyclic amines) is 1. The lowest BCUT2D eigenvalue weighted by atomic mass is 10.0. The fourth-order valence-corrected chi connectivity index (χ4v) is 5.92. The molecular formula is C29H43ClN4O4S. The summed E-state index contributed by atoms with van der Waals surface area (Å²) in [7, 11) is -3.30. The number of nitrogens with zero attached hydrogens (tertiary/aromatic N) is 2. The smallest absolute Gasteiger partial charge is 0.317 e. The minimum Gasteiger partial charge on any atom is -0.457 e. The van der Waals surface area contributed by atoms with E-state index >= 15 is 0 Å². The van der Waals surface area contributed by atoms with Gasteiger partial charge in [-0.3, -0.25) is 9.62 Å². The van der Waals surface area contributed by atoms with Gasteiger partial charge in [0, 0.05) is 44.0 Å². The molecule has 1 aliphatic carbocycles. The number of carbonyl (C=O) groups is 1. The number of sulfonamides is 1. The van der Waals surface area contributed by atoms with E-state index in [1.807, 2.05) is 12.1 Å². The molecule has 39 heavy (non-hydrogen) atoms. The Morgan fingerprint density at radius 3 is 2.13 bits per heavy atom. The number of piperidine rings is 1. The third-order valence-electron chi connectivity index (χ3n) is 7.42. The average Bonchev–Trinajstić information content (AvgIpc) is 3.40. The van der Waals surface area contributed by atoms with Gasteiger partial charge < -0.3 is 15.0 Å². The Hall–Kier alpha value is -2.49. The van der Waals surface area contributed by atoms with Crippen molar-refractivity contribution in [1.29, 1.82) is 0 Å². The SMILES string of the molecule is CCCCN(C(=O)NC1CCCC1)C1CCN(Cc2ccc(Oc3ccc(NS(C)(=O)=O)cc3)cc2)CC1.Cl. The van der Waals surface area contributed by atoms with E-state index in [-0.39, 0.29) is 18.4 Å². The van der Waals surface area contributed by atoms with Crippen LogP contribution in [-0.2, 0) is 16.6 Å². The minimum atomic E-state index is -3.30. The van der Waals surface area contributed by atoms with Crippen LogP contribution >= 0.6 is 12.4 Å². The number of ether oxygens (including phenoxy) is 1. The molecule has 2 aromatic rings. The van der Waals surface area contributed by atoms with Crippen LogP contribution in [0, 0.1) is 0 Å². The van der Waals surface area contributed by atoms with Crippen LogP contribution in [0.15, 0.2) is 48.5 Å². The van der Waals surface area contributed by atoms with Crippen molar-refractivity contribution in [1.82, 2.24) is 15.1 Å². The first kappa shape index (κ1) is 31.0. The number of anilines is 1. The van der Waals surface area contributed by atoms with Crippen molar-refractivity contribution in [3.05, 3.63) is 54.1 Å². The summed E-state index contributed by atoms with van der Waals surface area (Å²) in [6.45, 7) is 5.87. The van der Waals surface area contributed by atoms with Crippen molar-refractivity contribution in [2.24, 2.45) is 0 Å². The molecule has 2 aromatic carbocycles. The summed E-state index contributed by atoms with van der Waals surface area (Å²) in [5.41, 5.74) is 1.73. The molecule has 0 spiro atoms. The molecule has 0 radical (unpaired) electrons. The van der Waals surface area contributed by atoms with Crippen molar-refractivity contribution in [3.8, 4) is 11.5 Å². The molecule has 4 rings (SSSR count). The zero-order valence-corrected chi connectivity index (χ0v) is 24.7. The second kappa shape index (κ2) is 14.8. The number of carbonyl (C=O) groups excluding carboxylic acids is 1. The van der Waals surface area contributed by atoms with Crippen molar-refractivity contribution >= 4 is 34.1 Å². The van der Waals surface area contributed by atoms with Crippen molar-refractivity contribution in [2.75, 3.05) is 30.6 Å². The molecule has 216 valence electrons. The summed E-state index contributed by atoms with van der Waals surface area (Å²) in [5.74, 6) is 1.37. The molecule has 2 N–H and O–H groups in total. The van der Waals surface area contributed by atoms with Gasteiger partial charge >= 0.3 is 6.03 Å². The van der Waals surface area contributed by atoms with Crippen LogP contribution in [0.5, 0.6) is 11.5 Å². The van der Waals surface area contributed by atoms with Crippen LogP contribution in [0.2, 0.25) is 0 Å². The van der Waals surface area contributed by atoms with Crippen LogP contribution in [0.25, 0.3) is 0 Å². The van der Waals surface area contributed by atoms with Crippen molar-refractivity contribution < 1.29 is 17.9 Å². The van der Waals surface area contributed by atoms with E-state index < -0.39 is 10.0 Å². The van der Waals surface area contributed by atoms with E-state index in [4.69, 9.17) is 4.74 Å². The van der Waals surface area contributed by atoms with Gasteiger partial charge in [0.2, 0.25) is 10.0 Å². The number of nitrogens with one attached hydrogen (secondary N) is 2. The number of benzene rings is 2. The van der Waals surface area contributed by atoms with Crippen molar-refractivity contribution in [2.45, 2.75) is 76.9 Å². The lowest BCUT2D eigenvalue weighted by Gasteiger charge is -2.39. The van der Waals surface area contributed by atoms with E-state index in [1.54, 1.807) is 24.3 Å². The molecule has 10 heteroatoms. The number of halogens is 1.